The number of nitrogens with one attached hydrogen (secondary N) is 1. The zero-order valence-corrected chi connectivity index (χ0v) is 22.3. The van der Waals surface area contributed by atoms with E-state index >= 15 is 0 Å². The van der Waals surface area contributed by atoms with Crippen molar-refractivity contribution in [3.8, 4) is 0 Å². The number of sulfonamides is 1. The van der Waals surface area contributed by atoms with E-state index in [1.807, 2.05) is 19.1 Å². The highest BCUT2D eigenvalue weighted by Gasteiger charge is 2.28. The van der Waals surface area contributed by atoms with Gasteiger partial charge in [-0.15, -0.1) is 0 Å². The van der Waals surface area contributed by atoms with E-state index in [1.165, 1.54) is 18.4 Å². The minimum atomic E-state index is -3.98. The molecule has 1 N–H and O–H groups in total. The van der Waals surface area contributed by atoms with Gasteiger partial charge in [-0.3, -0.25) is 14.0 Å². The second-order valence-electron chi connectivity index (χ2n) is 9.34. The Morgan fingerprint density at radius 2 is 1.67 bits per heavy atom. The SMILES string of the molecule is Cc1ccc(S(=O)(=O)N(CC(=O)NCc2cccc(CN3CCCC3)c2)c2ccc(Cl)cc2C)cc1. The predicted octanol–water partition coefficient (Wildman–Crippen LogP) is 5.06. The lowest BCUT2D eigenvalue weighted by Crippen LogP contribution is -2.41. The molecule has 0 aromatic heterocycles. The number of carbonyl (C=O) groups is 1. The quantitative estimate of drug-likeness (QED) is 0.424. The van der Waals surface area contributed by atoms with E-state index in [1.54, 1.807) is 49.4 Å². The largest absolute Gasteiger partial charge is 0.350 e. The Morgan fingerprint density at radius 1 is 0.972 bits per heavy atom. The summed E-state index contributed by atoms with van der Waals surface area (Å²) in [6.45, 7) is 6.80. The molecule has 0 spiro atoms. The van der Waals surface area contributed by atoms with Crippen LogP contribution in [0.5, 0.6) is 0 Å². The van der Waals surface area contributed by atoms with Gasteiger partial charge in [0.2, 0.25) is 5.91 Å². The third-order valence-electron chi connectivity index (χ3n) is 6.41. The van der Waals surface area contributed by atoms with Crippen molar-refractivity contribution in [2.45, 2.75) is 44.7 Å². The second kappa shape index (κ2) is 11.5. The summed E-state index contributed by atoms with van der Waals surface area (Å²) in [7, 11) is -3.98. The van der Waals surface area contributed by atoms with Crippen molar-refractivity contribution < 1.29 is 13.2 Å². The molecule has 3 aromatic rings. The maximum atomic E-state index is 13.6. The number of anilines is 1. The molecule has 0 saturated carbocycles. The molecule has 1 saturated heterocycles. The van der Waals surface area contributed by atoms with Gasteiger partial charge in [0.15, 0.2) is 0 Å². The molecule has 0 unspecified atom stereocenters. The van der Waals surface area contributed by atoms with Gasteiger partial charge in [-0.2, -0.15) is 0 Å². The number of nitrogens with zero attached hydrogens (tertiary/aromatic N) is 2. The normalized spacial score (nSPS) is 14.1. The monoisotopic (exact) mass is 525 g/mol. The maximum absolute atomic E-state index is 13.6. The van der Waals surface area contributed by atoms with Crippen molar-refractivity contribution in [3.63, 3.8) is 0 Å². The molecule has 190 valence electrons. The molecule has 6 nitrogen and oxygen atoms in total. The van der Waals surface area contributed by atoms with Crippen LogP contribution >= 0.6 is 11.6 Å². The van der Waals surface area contributed by atoms with Crippen molar-refractivity contribution in [1.29, 1.82) is 0 Å². The minimum absolute atomic E-state index is 0.130. The van der Waals surface area contributed by atoms with Gasteiger partial charge < -0.3 is 5.32 Å². The highest BCUT2D eigenvalue weighted by Crippen LogP contribution is 2.29. The number of hydrogen-bond donors (Lipinski definition) is 1. The highest BCUT2D eigenvalue weighted by molar-refractivity contribution is 7.92. The number of hydrogen-bond acceptors (Lipinski definition) is 4. The van der Waals surface area contributed by atoms with E-state index in [2.05, 4.69) is 22.3 Å². The molecular formula is C28H32ClN3O3S. The molecule has 0 atom stereocenters. The smallest absolute Gasteiger partial charge is 0.264 e. The topological polar surface area (TPSA) is 69.7 Å². The summed E-state index contributed by atoms with van der Waals surface area (Å²) in [5.74, 6) is -0.384. The molecule has 36 heavy (non-hydrogen) atoms. The van der Waals surface area contributed by atoms with Gasteiger partial charge in [0, 0.05) is 18.1 Å². The van der Waals surface area contributed by atoms with Crippen molar-refractivity contribution in [1.82, 2.24) is 10.2 Å². The van der Waals surface area contributed by atoms with Crippen molar-refractivity contribution in [2.24, 2.45) is 0 Å². The number of benzene rings is 3. The molecule has 0 bridgehead atoms. The molecule has 1 aliphatic heterocycles. The molecule has 3 aromatic carbocycles. The summed E-state index contributed by atoms with van der Waals surface area (Å²) in [6, 6.07) is 19.7. The van der Waals surface area contributed by atoms with Crippen molar-refractivity contribution in [3.05, 3.63) is 94.0 Å². The molecule has 1 fully saturated rings. The lowest BCUT2D eigenvalue weighted by molar-refractivity contribution is -0.119. The summed E-state index contributed by atoms with van der Waals surface area (Å²) in [6.07, 6.45) is 2.48. The molecule has 4 rings (SSSR count). The van der Waals surface area contributed by atoms with Crippen LogP contribution in [-0.4, -0.2) is 38.9 Å². The van der Waals surface area contributed by atoms with Gasteiger partial charge in [0.05, 0.1) is 10.6 Å². The van der Waals surface area contributed by atoms with E-state index in [0.717, 1.165) is 35.1 Å². The van der Waals surface area contributed by atoms with E-state index in [4.69, 9.17) is 11.6 Å². The van der Waals surface area contributed by atoms with Gasteiger partial charge in [0.25, 0.3) is 10.0 Å². The summed E-state index contributed by atoms with van der Waals surface area (Å²) >= 11 is 6.11. The molecule has 1 amide bonds. The summed E-state index contributed by atoms with van der Waals surface area (Å²) < 4.78 is 28.4. The van der Waals surface area contributed by atoms with Crippen molar-refractivity contribution >= 4 is 33.2 Å². The van der Waals surface area contributed by atoms with Crippen LogP contribution in [0.15, 0.2) is 71.6 Å². The fourth-order valence-corrected chi connectivity index (χ4v) is 6.17. The first-order chi connectivity index (χ1) is 17.2. The zero-order valence-electron chi connectivity index (χ0n) is 20.7. The third kappa shape index (κ3) is 6.46. The van der Waals surface area contributed by atoms with Gasteiger partial charge in [-0.1, -0.05) is 53.6 Å². The first kappa shape index (κ1) is 26.2. The second-order valence-corrected chi connectivity index (χ2v) is 11.6. The van der Waals surface area contributed by atoms with Crippen LogP contribution in [0.25, 0.3) is 0 Å². The Bertz CT molecular complexity index is 1320. The van der Waals surface area contributed by atoms with E-state index in [9.17, 15) is 13.2 Å². The summed E-state index contributed by atoms with van der Waals surface area (Å²) in [5.41, 5.74) is 4.23. The number of likely N-dealkylation sites (tertiary alicyclic amines) is 1. The standard InChI is InChI=1S/C28H32ClN3O3S/c1-21-8-11-26(12-9-21)36(34,35)32(27-13-10-25(29)16-22(27)2)20-28(33)30-18-23-6-5-7-24(17-23)19-31-14-3-4-15-31/h5-13,16-17H,3-4,14-15,18-20H2,1-2H3,(H,30,33). The van der Waals surface area contributed by atoms with E-state index in [0.29, 0.717) is 22.8 Å². The van der Waals surface area contributed by atoms with E-state index < -0.39 is 10.0 Å². The Balaban J connectivity index is 1.51. The number of aryl methyl sites for hydroxylation is 2. The van der Waals surface area contributed by atoms with Gasteiger partial charge in [-0.05, 0) is 86.8 Å². The van der Waals surface area contributed by atoms with Crippen LogP contribution in [-0.2, 0) is 27.9 Å². The Labute approximate surface area is 218 Å². The zero-order chi connectivity index (χ0) is 25.7. The van der Waals surface area contributed by atoms with Crippen molar-refractivity contribution in [2.75, 3.05) is 23.9 Å². The van der Waals surface area contributed by atoms with E-state index in [-0.39, 0.29) is 17.3 Å². The Hall–Kier alpha value is -2.87. The lowest BCUT2D eigenvalue weighted by Gasteiger charge is -2.26. The summed E-state index contributed by atoms with van der Waals surface area (Å²) in [4.78, 5) is 15.6. The fourth-order valence-electron chi connectivity index (χ4n) is 4.46. The van der Waals surface area contributed by atoms with Gasteiger partial charge >= 0.3 is 0 Å². The average molecular weight is 526 g/mol. The molecular weight excluding hydrogens is 494 g/mol. The molecule has 1 heterocycles. The Kier molecular flexibility index (Phi) is 8.34. The van der Waals surface area contributed by atoms with Crippen LogP contribution in [0.2, 0.25) is 5.02 Å². The first-order valence-corrected chi connectivity index (χ1v) is 14.0. The van der Waals surface area contributed by atoms with Crippen LogP contribution in [0.3, 0.4) is 0 Å². The van der Waals surface area contributed by atoms with Crippen LogP contribution in [0, 0.1) is 13.8 Å². The lowest BCUT2D eigenvalue weighted by atomic mass is 10.1. The van der Waals surface area contributed by atoms with Crippen LogP contribution < -0.4 is 9.62 Å². The predicted molar refractivity (Wildman–Crippen MR) is 145 cm³/mol. The molecule has 0 radical (unpaired) electrons. The van der Waals surface area contributed by atoms with Crippen LogP contribution in [0.1, 0.15) is 35.1 Å². The Morgan fingerprint density at radius 3 is 2.36 bits per heavy atom. The first-order valence-electron chi connectivity index (χ1n) is 12.1. The highest BCUT2D eigenvalue weighted by atomic mass is 35.5. The maximum Gasteiger partial charge on any atom is 0.264 e. The summed E-state index contributed by atoms with van der Waals surface area (Å²) in [5, 5.41) is 3.40. The third-order valence-corrected chi connectivity index (χ3v) is 8.42. The fraction of sp³-hybridized carbons (Fsp3) is 0.321. The molecule has 1 aliphatic rings. The number of carbonyl (C=O) groups excluding carboxylic acids is 1. The van der Waals surface area contributed by atoms with Gasteiger partial charge in [0.1, 0.15) is 6.54 Å². The number of halogens is 1. The van der Waals surface area contributed by atoms with Crippen LogP contribution in [0.4, 0.5) is 5.69 Å². The minimum Gasteiger partial charge on any atom is -0.350 e. The number of rotatable bonds is 9. The average Bonchev–Trinajstić information content (AvgIpc) is 3.35. The van der Waals surface area contributed by atoms with Gasteiger partial charge in [-0.25, -0.2) is 8.42 Å². The number of amides is 1. The molecule has 0 aliphatic carbocycles. The molecule has 8 heteroatoms.